The quantitative estimate of drug-likeness (QED) is 0.249. The van der Waals surface area contributed by atoms with Crippen molar-refractivity contribution in [3.63, 3.8) is 0 Å². The van der Waals surface area contributed by atoms with Gasteiger partial charge in [-0.2, -0.15) is 0 Å². The van der Waals surface area contributed by atoms with Gasteiger partial charge in [0.25, 0.3) is 0 Å². The van der Waals surface area contributed by atoms with Crippen molar-refractivity contribution < 1.29 is 26.1 Å². The minimum absolute atomic E-state index is 0.500. The fourth-order valence-electron chi connectivity index (χ4n) is 4.78. The van der Waals surface area contributed by atoms with E-state index in [1.165, 1.54) is 44.5 Å². The molecule has 0 N–H and O–H groups in total. The molecule has 0 fully saturated rings. The molecule has 3 aromatic carbocycles. The first kappa shape index (κ1) is 24.2. The summed E-state index contributed by atoms with van der Waals surface area (Å²) < 4.78 is 1.59. The molecule has 0 heterocycles. The number of rotatable bonds is 6. The van der Waals surface area contributed by atoms with E-state index in [0.29, 0.717) is 49.8 Å². The van der Waals surface area contributed by atoms with E-state index in [9.17, 15) is 0 Å². The van der Waals surface area contributed by atoms with Gasteiger partial charge < -0.3 is 0 Å². The fraction of sp³-hybridized carbons (Fsp3) is 0.400. The van der Waals surface area contributed by atoms with Crippen LogP contribution in [0.25, 0.3) is 22.3 Å². The molecule has 0 unspecified atom stereocenters. The van der Waals surface area contributed by atoms with Gasteiger partial charge in [-0.15, -0.1) is 0 Å². The second-order valence-corrected chi connectivity index (χ2v) is 12.8. The van der Waals surface area contributed by atoms with Crippen molar-refractivity contribution in [2.45, 2.75) is 79.1 Å². The molecule has 0 aliphatic heterocycles. The van der Waals surface area contributed by atoms with E-state index < -0.39 is 0 Å². The van der Waals surface area contributed by atoms with Crippen LogP contribution in [0, 0.1) is 0 Å². The molecule has 1 heteroatoms. The van der Waals surface area contributed by atoms with Crippen molar-refractivity contribution in [3.8, 4) is 22.3 Å². The van der Waals surface area contributed by atoms with Gasteiger partial charge >= 0.3 is 207 Å². The number of hydrogen-bond donors (Lipinski definition) is 0. The predicted octanol–water partition coefficient (Wildman–Crippen LogP) is 8.69. The Labute approximate surface area is 206 Å². The molecule has 0 saturated carbocycles. The van der Waals surface area contributed by atoms with Crippen molar-refractivity contribution in [1.29, 1.82) is 0 Å². The van der Waals surface area contributed by atoms with Crippen LogP contribution in [0.3, 0.4) is 0 Å². The van der Waals surface area contributed by atoms with Crippen LogP contribution in [-0.2, 0) is 26.1 Å². The first-order valence-corrected chi connectivity index (χ1v) is 14.6. The summed E-state index contributed by atoms with van der Waals surface area (Å²) in [6.07, 6.45) is 0. The molecule has 0 nitrogen and oxygen atoms in total. The number of hydrogen-bond acceptors (Lipinski definition) is 0. The zero-order valence-electron chi connectivity index (χ0n) is 20.7. The first-order valence-electron chi connectivity index (χ1n) is 11.9. The van der Waals surface area contributed by atoms with Crippen LogP contribution >= 0.6 is 0 Å². The summed E-state index contributed by atoms with van der Waals surface area (Å²) in [6, 6.07) is 20.9. The molecule has 0 bridgehead atoms. The Hall–Kier alpha value is -1.40. The van der Waals surface area contributed by atoms with Crippen LogP contribution < -0.4 is 3.07 Å². The van der Waals surface area contributed by atoms with E-state index in [-0.39, 0.29) is 0 Å². The van der Waals surface area contributed by atoms with Crippen LogP contribution in [0.5, 0.6) is 0 Å². The topological polar surface area (TPSA) is 0 Å². The monoisotopic (exact) mass is 599 g/mol. The van der Waals surface area contributed by atoms with E-state index in [2.05, 4.69) is 110 Å². The summed E-state index contributed by atoms with van der Waals surface area (Å²) in [7, 11) is 0. The van der Waals surface area contributed by atoms with Crippen molar-refractivity contribution in [2.24, 2.45) is 0 Å². The number of benzene rings is 3. The van der Waals surface area contributed by atoms with Crippen LogP contribution in [0.1, 0.15) is 101 Å². The molecule has 3 aromatic rings. The van der Waals surface area contributed by atoms with Gasteiger partial charge in [0.2, 0.25) is 0 Å². The molecular formula is C30H37Hg. The maximum absolute atomic E-state index is 2.38. The van der Waals surface area contributed by atoms with Crippen LogP contribution in [0.15, 0.2) is 54.6 Å². The summed E-state index contributed by atoms with van der Waals surface area (Å²) >= 11 is 0.500. The van der Waals surface area contributed by atoms with Crippen molar-refractivity contribution in [1.82, 2.24) is 0 Å². The maximum atomic E-state index is 2.38. The molecule has 0 aliphatic carbocycles. The zero-order chi connectivity index (χ0) is 22.9. The Bertz CT molecular complexity index is 920. The summed E-state index contributed by atoms with van der Waals surface area (Å²) in [5, 5.41) is 0. The molecule has 0 aliphatic rings. The van der Waals surface area contributed by atoms with E-state index in [4.69, 9.17) is 0 Å². The average Bonchev–Trinajstić information content (AvgIpc) is 2.72. The van der Waals surface area contributed by atoms with Crippen LogP contribution in [0.4, 0.5) is 0 Å². The Kier molecular flexibility index (Phi) is 7.84. The Morgan fingerprint density at radius 1 is 0.452 bits per heavy atom. The van der Waals surface area contributed by atoms with E-state index >= 15 is 0 Å². The van der Waals surface area contributed by atoms with Crippen molar-refractivity contribution in [3.05, 3.63) is 76.9 Å². The molecule has 0 spiro atoms. The Morgan fingerprint density at radius 2 is 0.710 bits per heavy atom. The van der Waals surface area contributed by atoms with Gasteiger partial charge in [-0.25, -0.2) is 0 Å². The molecule has 31 heavy (non-hydrogen) atoms. The molecule has 0 amide bonds. The third-order valence-electron chi connectivity index (χ3n) is 6.46. The van der Waals surface area contributed by atoms with Gasteiger partial charge in [0.05, 0.1) is 0 Å². The van der Waals surface area contributed by atoms with Gasteiger partial charge in [-0.3, -0.25) is 0 Å². The molecule has 159 valence electrons. The van der Waals surface area contributed by atoms with Crippen molar-refractivity contribution in [2.75, 3.05) is 0 Å². The predicted molar refractivity (Wildman–Crippen MR) is 133 cm³/mol. The Morgan fingerprint density at radius 3 is 0.968 bits per heavy atom. The van der Waals surface area contributed by atoms with Gasteiger partial charge in [-0.05, 0) is 0 Å². The molecule has 0 radical (unpaired) electrons. The van der Waals surface area contributed by atoms with E-state index in [0.717, 1.165) is 0 Å². The molecule has 3 rings (SSSR count). The van der Waals surface area contributed by atoms with Gasteiger partial charge in [0, 0.05) is 0 Å². The SMILES string of the molecule is CC(C)c1cccc(C(C)C)c1-c1cccc(-c2c(C(C)C)cccc2C(C)C)[c]1[Hg]. The second-order valence-electron chi connectivity index (χ2n) is 10.1. The normalized spacial score (nSPS) is 11.9. The van der Waals surface area contributed by atoms with Gasteiger partial charge in [-0.1, -0.05) is 0 Å². The summed E-state index contributed by atoms with van der Waals surface area (Å²) in [6.45, 7) is 18.6. The third kappa shape index (κ3) is 4.85. The summed E-state index contributed by atoms with van der Waals surface area (Å²) in [5.74, 6) is 2.05. The summed E-state index contributed by atoms with van der Waals surface area (Å²) in [4.78, 5) is 0. The third-order valence-corrected chi connectivity index (χ3v) is 9.42. The molecule has 0 saturated heterocycles. The minimum atomic E-state index is 0.500. The Balaban J connectivity index is 2.38. The van der Waals surface area contributed by atoms with E-state index in [1.807, 2.05) is 0 Å². The zero-order valence-corrected chi connectivity index (χ0v) is 26.2. The van der Waals surface area contributed by atoms with Crippen LogP contribution in [0.2, 0.25) is 0 Å². The fourth-order valence-corrected chi connectivity index (χ4v) is 7.07. The standard InChI is InChI=1S/C30H37.Hg/c1-19(2)25-14-10-15-26(20(3)4)29(25)23-12-9-13-24(18-23)30-27(21(5)6)16-11-17-28(30)22(7)8;/h9-17,19-22H,1-8H3;. The van der Waals surface area contributed by atoms with E-state index in [1.54, 1.807) is 3.07 Å². The van der Waals surface area contributed by atoms with Crippen LogP contribution in [-0.4, -0.2) is 0 Å². The second kappa shape index (κ2) is 10.0. The average molecular weight is 598 g/mol. The molecule has 0 aromatic heterocycles. The van der Waals surface area contributed by atoms with Gasteiger partial charge in [0.15, 0.2) is 0 Å². The first-order chi connectivity index (χ1) is 14.6. The molecular weight excluding hydrogens is 561 g/mol. The van der Waals surface area contributed by atoms with Crippen molar-refractivity contribution >= 4 is 3.07 Å². The van der Waals surface area contributed by atoms with Gasteiger partial charge in [0.1, 0.15) is 0 Å². The molecule has 0 atom stereocenters. The summed E-state index contributed by atoms with van der Waals surface area (Å²) in [5.41, 5.74) is 11.9.